The molecule has 0 aliphatic rings. The molecular formula is C21H18ClN3O3. The number of nitrogens with zero attached hydrogens (tertiary/aromatic N) is 3. The summed E-state index contributed by atoms with van der Waals surface area (Å²) in [6.07, 6.45) is 1.54. The maximum absolute atomic E-state index is 10.1. The minimum atomic E-state index is 0.0849. The summed E-state index contributed by atoms with van der Waals surface area (Å²) in [5.74, 6) is 1.32. The van der Waals surface area contributed by atoms with Gasteiger partial charge in [-0.25, -0.2) is 0 Å². The average Bonchev–Trinajstić information content (AvgIpc) is 2.73. The molecular weight excluding hydrogens is 378 g/mol. The summed E-state index contributed by atoms with van der Waals surface area (Å²) in [6.45, 7) is 0. The molecule has 0 spiro atoms. The van der Waals surface area contributed by atoms with E-state index < -0.39 is 0 Å². The van der Waals surface area contributed by atoms with Crippen molar-refractivity contribution in [1.29, 1.82) is 0 Å². The lowest BCUT2D eigenvalue weighted by Gasteiger charge is -2.07. The fourth-order valence-corrected chi connectivity index (χ4v) is 2.49. The second-order valence-corrected chi connectivity index (χ2v) is 6.15. The number of ether oxygens (including phenoxy) is 2. The summed E-state index contributed by atoms with van der Waals surface area (Å²) in [6, 6.07) is 17.2. The van der Waals surface area contributed by atoms with Crippen molar-refractivity contribution < 1.29 is 14.6 Å². The van der Waals surface area contributed by atoms with Crippen molar-refractivity contribution in [2.75, 3.05) is 14.2 Å². The first kappa shape index (κ1) is 19.4. The van der Waals surface area contributed by atoms with Gasteiger partial charge < -0.3 is 14.6 Å². The van der Waals surface area contributed by atoms with Gasteiger partial charge >= 0.3 is 0 Å². The summed E-state index contributed by atoms with van der Waals surface area (Å²) in [4.78, 5) is 4.40. The standard InChI is InChI=1S/C21H18ClN3O3/c1-27-18-8-9-19(21(12-18)28-2)23-13-14-11-17(7-10-20(14)26)25-24-16-5-3-15(22)4-6-16/h3-13,26H,1-2H3. The van der Waals surface area contributed by atoms with Crippen LogP contribution in [0.15, 0.2) is 75.9 Å². The molecule has 142 valence electrons. The van der Waals surface area contributed by atoms with E-state index in [0.717, 1.165) is 0 Å². The maximum atomic E-state index is 10.1. The molecule has 0 radical (unpaired) electrons. The van der Waals surface area contributed by atoms with E-state index in [1.165, 1.54) is 0 Å². The lowest BCUT2D eigenvalue weighted by Crippen LogP contribution is -1.88. The van der Waals surface area contributed by atoms with E-state index in [-0.39, 0.29) is 5.75 Å². The third kappa shape index (κ3) is 4.86. The Morgan fingerprint density at radius 1 is 0.857 bits per heavy atom. The third-order valence-corrected chi connectivity index (χ3v) is 4.10. The van der Waals surface area contributed by atoms with Crippen LogP contribution in [0.3, 0.4) is 0 Å². The van der Waals surface area contributed by atoms with Crippen LogP contribution in [0, 0.1) is 0 Å². The lowest BCUT2D eigenvalue weighted by atomic mass is 10.2. The predicted molar refractivity (Wildman–Crippen MR) is 111 cm³/mol. The van der Waals surface area contributed by atoms with Crippen molar-refractivity contribution in [3.63, 3.8) is 0 Å². The first-order chi connectivity index (χ1) is 13.6. The normalized spacial score (nSPS) is 11.2. The molecule has 3 aromatic rings. The number of hydrogen-bond donors (Lipinski definition) is 1. The number of phenolic OH excluding ortho intramolecular Hbond substituents is 1. The number of phenols is 1. The number of rotatable bonds is 6. The first-order valence-corrected chi connectivity index (χ1v) is 8.73. The molecule has 0 atom stereocenters. The Morgan fingerprint density at radius 2 is 1.57 bits per heavy atom. The summed E-state index contributed by atoms with van der Waals surface area (Å²) >= 11 is 5.86. The van der Waals surface area contributed by atoms with Crippen LogP contribution in [0.5, 0.6) is 17.2 Å². The summed E-state index contributed by atoms with van der Waals surface area (Å²) in [5, 5.41) is 19.1. The number of benzene rings is 3. The van der Waals surface area contributed by atoms with Crippen LogP contribution in [0.4, 0.5) is 17.1 Å². The minimum absolute atomic E-state index is 0.0849. The van der Waals surface area contributed by atoms with E-state index in [4.69, 9.17) is 21.1 Å². The molecule has 28 heavy (non-hydrogen) atoms. The molecule has 3 aromatic carbocycles. The number of methoxy groups -OCH3 is 2. The van der Waals surface area contributed by atoms with Crippen LogP contribution in [-0.4, -0.2) is 25.5 Å². The maximum Gasteiger partial charge on any atom is 0.148 e. The highest BCUT2D eigenvalue weighted by atomic mass is 35.5. The van der Waals surface area contributed by atoms with Gasteiger partial charge in [-0.3, -0.25) is 4.99 Å². The van der Waals surface area contributed by atoms with Gasteiger partial charge in [0.05, 0.1) is 25.6 Å². The van der Waals surface area contributed by atoms with Crippen LogP contribution in [-0.2, 0) is 0 Å². The van der Waals surface area contributed by atoms with Gasteiger partial charge in [-0.1, -0.05) is 11.6 Å². The molecule has 0 saturated heterocycles. The molecule has 0 unspecified atom stereocenters. The van der Waals surface area contributed by atoms with Gasteiger partial charge in [-0.05, 0) is 54.6 Å². The molecule has 3 rings (SSSR count). The zero-order valence-corrected chi connectivity index (χ0v) is 16.1. The van der Waals surface area contributed by atoms with E-state index in [1.807, 2.05) is 0 Å². The van der Waals surface area contributed by atoms with Crippen molar-refractivity contribution in [2.24, 2.45) is 15.2 Å². The van der Waals surface area contributed by atoms with Gasteiger partial charge in [-0.15, -0.1) is 0 Å². The second-order valence-electron chi connectivity index (χ2n) is 5.72. The molecule has 0 fully saturated rings. The van der Waals surface area contributed by atoms with Gasteiger partial charge in [0.25, 0.3) is 0 Å². The Bertz CT molecular complexity index is 1020. The Hall–Kier alpha value is -3.38. The van der Waals surface area contributed by atoms with Gasteiger partial charge in [0.1, 0.15) is 22.9 Å². The molecule has 0 aliphatic heterocycles. The molecule has 7 heteroatoms. The Balaban J connectivity index is 1.83. The summed E-state index contributed by atoms with van der Waals surface area (Å²) in [7, 11) is 3.14. The SMILES string of the molecule is COc1ccc(N=Cc2cc(N=Nc3ccc(Cl)cc3)ccc2O)c(OC)c1. The van der Waals surface area contributed by atoms with Gasteiger partial charge in [0, 0.05) is 22.9 Å². The number of aromatic hydroxyl groups is 1. The molecule has 6 nitrogen and oxygen atoms in total. The Labute approximate surface area is 167 Å². The van der Waals surface area contributed by atoms with Gasteiger partial charge in [-0.2, -0.15) is 10.2 Å². The molecule has 0 amide bonds. The highest BCUT2D eigenvalue weighted by Gasteiger charge is 2.05. The first-order valence-electron chi connectivity index (χ1n) is 8.35. The van der Waals surface area contributed by atoms with Crippen LogP contribution in [0.2, 0.25) is 5.02 Å². The predicted octanol–water partition coefficient (Wildman–Crippen LogP) is 6.23. The van der Waals surface area contributed by atoms with E-state index in [2.05, 4.69) is 15.2 Å². The van der Waals surface area contributed by atoms with Crippen molar-refractivity contribution in [3.8, 4) is 17.2 Å². The van der Waals surface area contributed by atoms with E-state index >= 15 is 0 Å². The van der Waals surface area contributed by atoms with E-state index in [1.54, 1.807) is 81.1 Å². The Kier molecular flexibility index (Phi) is 6.24. The molecule has 0 bridgehead atoms. The van der Waals surface area contributed by atoms with Crippen LogP contribution in [0.1, 0.15) is 5.56 Å². The van der Waals surface area contributed by atoms with Crippen LogP contribution >= 0.6 is 11.6 Å². The van der Waals surface area contributed by atoms with Crippen molar-refractivity contribution in [3.05, 3.63) is 71.2 Å². The van der Waals surface area contributed by atoms with E-state index in [9.17, 15) is 5.11 Å². The van der Waals surface area contributed by atoms with Gasteiger partial charge in [0.2, 0.25) is 0 Å². The molecule has 0 saturated carbocycles. The van der Waals surface area contributed by atoms with Crippen LogP contribution < -0.4 is 9.47 Å². The number of halogens is 1. The molecule has 0 heterocycles. The highest BCUT2D eigenvalue weighted by molar-refractivity contribution is 6.30. The molecule has 0 aliphatic carbocycles. The van der Waals surface area contributed by atoms with Crippen molar-refractivity contribution in [1.82, 2.24) is 0 Å². The zero-order valence-electron chi connectivity index (χ0n) is 15.3. The minimum Gasteiger partial charge on any atom is -0.507 e. The largest absolute Gasteiger partial charge is 0.507 e. The fraction of sp³-hybridized carbons (Fsp3) is 0.0952. The highest BCUT2D eigenvalue weighted by Crippen LogP contribution is 2.32. The smallest absolute Gasteiger partial charge is 0.148 e. The topological polar surface area (TPSA) is 75.8 Å². The zero-order chi connectivity index (χ0) is 19.9. The number of azo groups is 1. The van der Waals surface area contributed by atoms with Crippen LogP contribution in [0.25, 0.3) is 0 Å². The third-order valence-electron chi connectivity index (χ3n) is 3.85. The monoisotopic (exact) mass is 395 g/mol. The van der Waals surface area contributed by atoms with Crippen molar-refractivity contribution >= 4 is 34.9 Å². The summed E-state index contributed by atoms with van der Waals surface area (Å²) < 4.78 is 10.5. The fourth-order valence-electron chi connectivity index (χ4n) is 2.36. The van der Waals surface area contributed by atoms with Gasteiger partial charge in [0.15, 0.2) is 0 Å². The van der Waals surface area contributed by atoms with E-state index in [0.29, 0.717) is 39.1 Å². The van der Waals surface area contributed by atoms with Crippen molar-refractivity contribution in [2.45, 2.75) is 0 Å². The lowest BCUT2D eigenvalue weighted by molar-refractivity contribution is 0.395. The number of aliphatic imine (C=N–C) groups is 1. The molecule has 0 aromatic heterocycles. The number of hydrogen-bond acceptors (Lipinski definition) is 6. The average molecular weight is 396 g/mol. The second kappa shape index (κ2) is 9.01. The summed E-state index contributed by atoms with van der Waals surface area (Å²) in [5.41, 5.74) is 2.37. The molecule has 1 N–H and O–H groups in total. The quantitative estimate of drug-likeness (QED) is 0.397. The Morgan fingerprint density at radius 3 is 2.29 bits per heavy atom.